The second kappa shape index (κ2) is 4.84. The van der Waals surface area contributed by atoms with Gasteiger partial charge in [-0.15, -0.1) is 0 Å². The molecule has 1 heterocycles. The Hall–Kier alpha value is -0.880. The first-order chi connectivity index (χ1) is 9.41. The van der Waals surface area contributed by atoms with Crippen LogP contribution in [0.5, 0.6) is 0 Å². The molecule has 3 rings (SSSR count). The van der Waals surface area contributed by atoms with E-state index in [1.807, 2.05) is 24.3 Å². The summed E-state index contributed by atoms with van der Waals surface area (Å²) >= 11 is 3.39. The molecule has 1 saturated heterocycles. The third-order valence-corrected chi connectivity index (χ3v) is 6.45. The Kier molecular flexibility index (Phi) is 3.41. The first-order valence-corrected chi connectivity index (χ1v) is 9.30. The zero-order valence-electron chi connectivity index (χ0n) is 10.9. The summed E-state index contributed by atoms with van der Waals surface area (Å²) in [7, 11) is -2.96. The second-order valence-electron chi connectivity index (χ2n) is 5.66. The Labute approximate surface area is 127 Å². The van der Waals surface area contributed by atoms with Gasteiger partial charge in [-0.05, 0) is 37.0 Å². The smallest absolute Gasteiger partial charge is 0.230 e. The van der Waals surface area contributed by atoms with Crippen molar-refractivity contribution in [2.24, 2.45) is 0 Å². The fraction of sp³-hybridized carbons (Fsp3) is 0.500. The number of halogens is 1. The summed E-state index contributed by atoms with van der Waals surface area (Å²) in [5.74, 6) is 0.236. The van der Waals surface area contributed by atoms with E-state index in [0.717, 1.165) is 22.9 Å². The molecule has 108 valence electrons. The summed E-state index contributed by atoms with van der Waals surface area (Å²) in [6.07, 6.45) is 2.20. The molecule has 1 aliphatic carbocycles. The van der Waals surface area contributed by atoms with Gasteiger partial charge >= 0.3 is 0 Å². The van der Waals surface area contributed by atoms with E-state index in [0.29, 0.717) is 6.42 Å². The van der Waals surface area contributed by atoms with Crippen LogP contribution in [0.25, 0.3) is 0 Å². The van der Waals surface area contributed by atoms with Crippen molar-refractivity contribution in [2.45, 2.75) is 30.7 Å². The molecule has 0 unspecified atom stereocenters. The van der Waals surface area contributed by atoms with Crippen LogP contribution in [0.15, 0.2) is 28.7 Å². The van der Waals surface area contributed by atoms with E-state index >= 15 is 0 Å². The number of hydrogen-bond acceptors (Lipinski definition) is 3. The normalized spacial score (nSPS) is 26.1. The van der Waals surface area contributed by atoms with E-state index in [2.05, 4.69) is 21.2 Å². The van der Waals surface area contributed by atoms with Crippen molar-refractivity contribution >= 4 is 31.7 Å². The van der Waals surface area contributed by atoms with Gasteiger partial charge in [0.25, 0.3) is 0 Å². The molecule has 1 amide bonds. The van der Waals surface area contributed by atoms with Crippen LogP contribution in [0, 0.1) is 0 Å². The van der Waals surface area contributed by atoms with Gasteiger partial charge in [0.2, 0.25) is 5.91 Å². The van der Waals surface area contributed by atoms with Gasteiger partial charge in [0.1, 0.15) is 0 Å². The third kappa shape index (κ3) is 2.63. The minimum atomic E-state index is -2.96. The topological polar surface area (TPSA) is 63.2 Å². The van der Waals surface area contributed by atoms with Gasteiger partial charge in [0.05, 0.1) is 16.9 Å². The van der Waals surface area contributed by atoms with Crippen molar-refractivity contribution in [3.05, 3.63) is 34.3 Å². The second-order valence-corrected chi connectivity index (χ2v) is 8.81. The van der Waals surface area contributed by atoms with Crippen LogP contribution < -0.4 is 5.32 Å². The fourth-order valence-electron chi connectivity index (χ4n) is 2.77. The summed E-state index contributed by atoms with van der Waals surface area (Å²) in [6, 6.07) is 7.57. The zero-order valence-corrected chi connectivity index (χ0v) is 13.3. The Morgan fingerprint density at radius 3 is 2.40 bits per heavy atom. The molecule has 0 radical (unpaired) electrons. The van der Waals surface area contributed by atoms with Crippen molar-refractivity contribution in [2.75, 3.05) is 11.5 Å². The molecule has 1 aromatic carbocycles. The maximum Gasteiger partial charge on any atom is 0.230 e. The molecule has 0 spiro atoms. The monoisotopic (exact) mass is 357 g/mol. The third-order valence-electron chi connectivity index (χ3n) is 4.15. The summed E-state index contributed by atoms with van der Waals surface area (Å²) in [5, 5.41) is 2.92. The van der Waals surface area contributed by atoms with Crippen LogP contribution >= 0.6 is 15.9 Å². The van der Waals surface area contributed by atoms with Gasteiger partial charge in [-0.3, -0.25) is 4.79 Å². The van der Waals surface area contributed by atoms with E-state index in [1.165, 1.54) is 0 Å². The molecule has 6 heteroatoms. The Bertz CT molecular complexity index is 635. The largest absolute Gasteiger partial charge is 0.352 e. The molecule has 0 aromatic heterocycles. The van der Waals surface area contributed by atoms with Crippen LogP contribution in [-0.2, 0) is 20.0 Å². The van der Waals surface area contributed by atoms with Crippen LogP contribution in [-0.4, -0.2) is 31.9 Å². The number of carbonyl (C=O) groups is 1. The first kappa shape index (κ1) is 14.1. The molecular weight excluding hydrogens is 342 g/mol. The van der Waals surface area contributed by atoms with Gasteiger partial charge in [-0.25, -0.2) is 8.42 Å². The maximum atomic E-state index is 12.5. The van der Waals surface area contributed by atoms with Crippen molar-refractivity contribution in [1.29, 1.82) is 0 Å². The number of benzene rings is 1. The molecule has 1 aliphatic heterocycles. The van der Waals surface area contributed by atoms with E-state index in [9.17, 15) is 13.2 Å². The molecule has 20 heavy (non-hydrogen) atoms. The van der Waals surface area contributed by atoms with E-state index in [1.54, 1.807) is 0 Å². The van der Waals surface area contributed by atoms with E-state index in [-0.39, 0.29) is 23.5 Å². The van der Waals surface area contributed by atoms with Crippen molar-refractivity contribution < 1.29 is 13.2 Å². The van der Waals surface area contributed by atoms with Gasteiger partial charge in [0, 0.05) is 10.5 Å². The van der Waals surface area contributed by atoms with E-state index < -0.39 is 15.3 Å². The Balaban J connectivity index is 1.72. The van der Waals surface area contributed by atoms with Crippen LogP contribution in [0.4, 0.5) is 0 Å². The summed E-state index contributed by atoms with van der Waals surface area (Å²) in [5.41, 5.74) is 0.576. The molecule has 1 aromatic rings. The van der Waals surface area contributed by atoms with Gasteiger partial charge in [-0.1, -0.05) is 28.1 Å². The average molecular weight is 358 g/mol. The predicted molar refractivity (Wildman–Crippen MR) is 80.3 cm³/mol. The highest BCUT2D eigenvalue weighted by Crippen LogP contribution is 2.48. The van der Waals surface area contributed by atoms with Crippen molar-refractivity contribution in [3.63, 3.8) is 0 Å². The molecule has 2 aliphatic rings. The lowest BCUT2D eigenvalue weighted by Crippen LogP contribution is -2.42. The molecule has 1 saturated carbocycles. The molecular formula is C14H16BrNO3S. The number of amides is 1. The molecule has 4 nitrogen and oxygen atoms in total. The quantitative estimate of drug-likeness (QED) is 0.896. The zero-order chi connectivity index (χ0) is 14.4. The predicted octanol–water partition coefficient (Wildman–Crippen LogP) is 1.78. The van der Waals surface area contributed by atoms with Crippen LogP contribution in [0.1, 0.15) is 24.8 Å². The summed E-state index contributed by atoms with van der Waals surface area (Å²) in [4.78, 5) is 12.5. The van der Waals surface area contributed by atoms with Crippen LogP contribution in [0.2, 0.25) is 0 Å². The van der Waals surface area contributed by atoms with E-state index in [4.69, 9.17) is 0 Å². The number of carbonyl (C=O) groups excluding carboxylic acids is 1. The molecule has 1 N–H and O–H groups in total. The maximum absolute atomic E-state index is 12.5. The molecule has 2 fully saturated rings. The minimum absolute atomic E-state index is 0.0260. The Morgan fingerprint density at radius 2 is 1.90 bits per heavy atom. The lowest BCUT2D eigenvalue weighted by Gasteiger charge is -2.19. The van der Waals surface area contributed by atoms with Crippen molar-refractivity contribution in [3.8, 4) is 0 Å². The lowest BCUT2D eigenvalue weighted by molar-refractivity contribution is -0.124. The highest BCUT2D eigenvalue weighted by Gasteiger charge is 2.51. The van der Waals surface area contributed by atoms with Crippen LogP contribution in [0.3, 0.4) is 0 Å². The van der Waals surface area contributed by atoms with Gasteiger partial charge in [-0.2, -0.15) is 0 Å². The number of sulfone groups is 1. The fourth-order valence-corrected chi connectivity index (χ4v) is 4.71. The van der Waals surface area contributed by atoms with Gasteiger partial charge in [0.15, 0.2) is 9.84 Å². The Morgan fingerprint density at radius 1 is 1.25 bits per heavy atom. The molecule has 0 bridgehead atoms. The number of rotatable bonds is 3. The van der Waals surface area contributed by atoms with Crippen molar-refractivity contribution in [1.82, 2.24) is 5.32 Å². The minimum Gasteiger partial charge on any atom is -0.352 e. The summed E-state index contributed by atoms with van der Waals surface area (Å²) < 4.78 is 23.9. The SMILES string of the molecule is O=C(N[C@H]1CCS(=O)(=O)C1)C1(c2ccc(Br)cc2)CC1. The first-order valence-electron chi connectivity index (χ1n) is 6.69. The molecule has 1 atom stereocenters. The number of hydrogen-bond donors (Lipinski definition) is 1. The number of nitrogens with one attached hydrogen (secondary N) is 1. The highest BCUT2D eigenvalue weighted by molar-refractivity contribution is 9.10. The van der Waals surface area contributed by atoms with Gasteiger partial charge < -0.3 is 5.32 Å². The summed E-state index contributed by atoms with van der Waals surface area (Å²) in [6.45, 7) is 0. The highest BCUT2D eigenvalue weighted by atomic mass is 79.9. The lowest BCUT2D eigenvalue weighted by atomic mass is 9.94. The average Bonchev–Trinajstić information content (AvgIpc) is 3.12. The standard InChI is InChI=1S/C14H16BrNO3S/c15-11-3-1-10(2-4-11)14(6-7-14)13(17)16-12-5-8-20(18,19)9-12/h1-4,12H,5-9H2,(H,16,17)/t12-/m0/s1.